The van der Waals surface area contributed by atoms with Crippen LogP contribution >= 0.6 is 23.2 Å². The molecule has 3 nitrogen and oxygen atoms in total. The maximum atomic E-state index is 10.7. The number of rotatable bonds is 2. The number of hydrogen-bond donors (Lipinski definition) is 0. The Balaban J connectivity index is 3.23. The molecule has 0 aliphatic carbocycles. The summed E-state index contributed by atoms with van der Waals surface area (Å²) in [7, 11) is 1.41. The minimum atomic E-state index is -0.624. The lowest BCUT2D eigenvalue weighted by Gasteiger charge is -2.02. The highest BCUT2D eigenvalue weighted by molar-refractivity contribution is 6.68. The number of aromatic nitrogens is 1. The zero-order chi connectivity index (χ0) is 9.14. The molecule has 1 rings (SSSR count). The van der Waals surface area contributed by atoms with Crippen molar-refractivity contribution in [3.05, 3.63) is 22.8 Å². The van der Waals surface area contributed by atoms with Gasteiger partial charge in [-0.3, -0.25) is 4.79 Å². The van der Waals surface area contributed by atoms with E-state index in [2.05, 4.69) is 4.98 Å². The molecule has 0 radical (unpaired) electrons. The third-order valence-electron chi connectivity index (χ3n) is 1.26. The van der Waals surface area contributed by atoms with Crippen LogP contribution in [-0.4, -0.2) is 17.3 Å². The lowest BCUT2D eigenvalue weighted by molar-refractivity contribution is 0.108. The molecule has 1 heterocycles. The first kappa shape index (κ1) is 9.29. The van der Waals surface area contributed by atoms with Gasteiger partial charge in [0.25, 0.3) is 5.24 Å². The van der Waals surface area contributed by atoms with Crippen LogP contribution in [0.4, 0.5) is 0 Å². The van der Waals surface area contributed by atoms with E-state index in [4.69, 9.17) is 27.9 Å². The van der Waals surface area contributed by atoms with Gasteiger partial charge < -0.3 is 4.74 Å². The summed E-state index contributed by atoms with van der Waals surface area (Å²) >= 11 is 10.9. The van der Waals surface area contributed by atoms with Crippen LogP contribution in [0, 0.1) is 0 Å². The monoisotopic (exact) mass is 205 g/mol. The Bertz CT molecular complexity index is 314. The molecule has 0 saturated heterocycles. The maximum absolute atomic E-state index is 10.7. The summed E-state index contributed by atoms with van der Waals surface area (Å²) in [4.78, 5) is 14.5. The Labute approximate surface area is 79.3 Å². The molecular formula is C7H5Cl2NO2. The van der Waals surface area contributed by atoms with Crippen molar-refractivity contribution in [2.45, 2.75) is 0 Å². The van der Waals surface area contributed by atoms with E-state index < -0.39 is 5.24 Å². The van der Waals surface area contributed by atoms with Gasteiger partial charge in [-0.1, -0.05) is 11.6 Å². The highest BCUT2D eigenvalue weighted by Crippen LogP contribution is 2.25. The third kappa shape index (κ3) is 1.68. The van der Waals surface area contributed by atoms with Gasteiger partial charge >= 0.3 is 0 Å². The van der Waals surface area contributed by atoms with Gasteiger partial charge in [-0.15, -0.1) is 0 Å². The van der Waals surface area contributed by atoms with Crippen molar-refractivity contribution in [2.24, 2.45) is 0 Å². The van der Waals surface area contributed by atoms with E-state index in [0.29, 0.717) is 0 Å². The zero-order valence-corrected chi connectivity index (χ0v) is 7.69. The lowest BCUT2D eigenvalue weighted by Crippen LogP contribution is -1.95. The van der Waals surface area contributed by atoms with Crippen LogP contribution in [0.3, 0.4) is 0 Å². The summed E-state index contributed by atoms with van der Waals surface area (Å²) in [6.45, 7) is 0. The molecule has 0 aliphatic rings. The molecule has 1 aromatic rings. The molecule has 5 heteroatoms. The van der Waals surface area contributed by atoms with Crippen molar-refractivity contribution in [1.82, 2.24) is 4.98 Å². The molecule has 64 valence electrons. The first-order valence-electron chi connectivity index (χ1n) is 3.05. The van der Waals surface area contributed by atoms with Gasteiger partial charge in [-0.05, 0) is 17.7 Å². The normalized spacial score (nSPS) is 9.58. The first-order chi connectivity index (χ1) is 5.66. The topological polar surface area (TPSA) is 39.2 Å². The van der Waals surface area contributed by atoms with E-state index in [-0.39, 0.29) is 16.5 Å². The molecule has 0 amide bonds. The molecule has 0 bridgehead atoms. The minimum Gasteiger partial charge on any atom is -0.480 e. The Morgan fingerprint density at radius 3 is 2.83 bits per heavy atom. The average molecular weight is 206 g/mol. The largest absolute Gasteiger partial charge is 0.480 e. The Kier molecular flexibility index (Phi) is 2.89. The third-order valence-corrected chi connectivity index (χ3v) is 1.83. The van der Waals surface area contributed by atoms with Gasteiger partial charge in [0.05, 0.1) is 12.7 Å². The molecule has 0 aliphatic heterocycles. The highest BCUT2D eigenvalue weighted by atomic mass is 35.5. The second kappa shape index (κ2) is 3.74. The second-order valence-electron chi connectivity index (χ2n) is 1.96. The van der Waals surface area contributed by atoms with Gasteiger partial charge in [-0.25, -0.2) is 4.98 Å². The Hall–Kier alpha value is -0.800. The molecule has 0 unspecified atom stereocenters. The number of ether oxygens (including phenoxy) is 1. The van der Waals surface area contributed by atoms with E-state index in [1.54, 1.807) is 0 Å². The van der Waals surface area contributed by atoms with Crippen molar-refractivity contribution in [3.8, 4) is 5.88 Å². The number of halogens is 2. The molecular weight excluding hydrogens is 201 g/mol. The highest BCUT2D eigenvalue weighted by Gasteiger charge is 2.12. The van der Waals surface area contributed by atoms with Gasteiger partial charge in [0, 0.05) is 6.20 Å². The van der Waals surface area contributed by atoms with Crippen molar-refractivity contribution < 1.29 is 9.53 Å². The number of carbonyl (C=O) groups is 1. The molecule has 0 saturated carbocycles. The second-order valence-corrected chi connectivity index (χ2v) is 2.68. The fourth-order valence-corrected chi connectivity index (χ4v) is 1.20. The molecule has 0 spiro atoms. The Morgan fingerprint density at radius 1 is 1.67 bits per heavy atom. The van der Waals surface area contributed by atoms with Crippen LogP contribution in [0.1, 0.15) is 10.4 Å². The number of methoxy groups -OCH3 is 1. The van der Waals surface area contributed by atoms with Crippen LogP contribution in [0.15, 0.2) is 12.3 Å². The quantitative estimate of drug-likeness (QED) is 0.695. The molecule has 0 aromatic carbocycles. The number of nitrogens with zero attached hydrogens (tertiary/aromatic N) is 1. The van der Waals surface area contributed by atoms with E-state index in [0.717, 1.165) is 0 Å². The SMILES string of the molecule is COc1nccc(C(=O)Cl)c1Cl. The summed E-state index contributed by atoms with van der Waals surface area (Å²) in [6, 6.07) is 1.43. The van der Waals surface area contributed by atoms with Crippen molar-refractivity contribution in [2.75, 3.05) is 7.11 Å². The smallest absolute Gasteiger partial charge is 0.254 e. The maximum Gasteiger partial charge on any atom is 0.254 e. The van der Waals surface area contributed by atoms with E-state index in [1.165, 1.54) is 19.4 Å². The molecule has 0 atom stereocenters. The molecule has 12 heavy (non-hydrogen) atoms. The molecule has 0 fully saturated rings. The van der Waals surface area contributed by atoms with E-state index in [9.17, 15) is 4.79 Å². The summed E-state index contributed by atoms with van der Waals surface area (Å²) in [5, 5.41) is -0.485. The van der Waals surface area contributed by atoms with Crippen LogP contribution < -0.4 is 4.74 Å². The van der Waals surface area contributed by atoms with Crippen molar-refractivity contribution in [3.63, 3.8) is 0 Å². The van der Waals surface area contributed by atoms with Crippen molar-refractivity contribution >= 4 is 28.4 Å². The number of hydrogen-bond acceptors (Lipinski definition) is 3. The van der Waals surface area contributed by atoms with E-state index in [1.807, 2.05) is 0 Å². The van der Waals surface area contributed by atoms with Crippen LogP contribution in [0.25, 0.3) is 0 Å². The first-order valence-corrected chi connectivity index (χ1v) is 3.80. The predicted octanol–water partition coefficient (Wildman–Crippen LogP) is 2.12. The van der Waals surface area contributed by atoms with Gasteiger partial charge in [0.2, 0.25) is 5.88 Å². The average Bonchev–Trinajstić information content (AvgIpc) is 2.04. The minimum absolute atomic E-state index is 0.139. The van der Waals surface area contributed by atoms with Gasteiger partial charge in [-0.2, -0.15) is 0 Å². The standard InChI is InChI=1S/C7H5Cl2NO2/c1-12-7-5(8)4(6(9)11)2-3-10-7/h2-3H,1H3. The summed E-state index contributed by atoms with van der Waals surface area (Å²) in [5.74, 6) is 0.197. The van der Waals surface area contributed by atoms with Crippen LogP contribution in [0.5, 0.6) is 5.88 Å². The fraction of sp³-hybridized carbons (Fsp3) is 0.143. The van der Waals surface area contributed by atoms with Crippen molar-refractivity contribution in [1.29, 1.82) is 0 Å². The molecule has 0 N–H and O–H groups in total. The summed E-state index contributed by atoms with van der Waals surface area (Å²) < 4.78 is 4.78. The number of carbonyl (C=O) groups excluding carboxylic acids is 1. The van der Waals surface area contributed by atoms with Gasteiger partial charge in [0.1, 0.15) is 5.02 Å². The Morgan fingerprint density at radius 2 is 2.33 bits per heavy atom. The summed E-state index contributed by atoms with van der Waals surface area (Å²) in [5.41, 5.74) is 0.199. The molecule has 1 aromatic heterocycles. The number of pyridine rings is 1. The van der Waals surface area contributed by atoms with Crippen LogP contribution in [0.2, 0.25) is 5.02 Å². The van der Waals surface area contributed by atoms with Gasteiger partial charge in [0.15, 0.2) is 0 Å². The zero-order valence-electron chi connectivity index (χ0n) is 6.17. The van der Waals surface area contributed by atoms with E-state index >= 15 is 0 Å². The van der Waals surface area contributed by atoms with Crippen LogP contribution in [-0.2, 0) is 0 Å². The fourth-order valence-electron chi connectivity index (χ4n) is 0.719. The lowest BCUT2D eigenvalue weighted by atomic mass is 10.3. The summed E-state index contributed by atoms with van der Waals surface area (Å²) in [6.07, 6.45) is 1.40. The predicted molar refractivity (Wildman–Crippen MR) is 46.0 cm³/mol.